The van der Waals surface area contributed by atoms with Crippen LogP contribution in [0.25, 0.3) is 11.0 Å². The lowest BCUT2D eigenvalue weighted by molar-refractivity contribution is 0.246. The number of carbonyl (C=O) groups excluding carboxylic acids is 1. The van der Waals surface area contributed by atoms with Gasteiger partial charge in [-0.05, 0) is 44.0 Å². The van der Waals surface area contributed by atoms with Gasteiger partial charge in [0, 0.05) is 42.6 Å². The highest BCUT2D eigenvalue weighted by Gasteiger charge is 2.21. The van der Waals surface area contributed by atoms with E-state index in [0.29, 0.717) is 0 Å². The molecule has 7 nitrogen and oxygen atoms in total. The third kappa shape index (κ3) is 3.61. The highest BCUT2D eigenvalue weighted by Crippen LogP contribution is 2.23. The number of urea groups is 1. The Labute approximate surface area is 151 Å². The van der Waals surface area contributed by atoms with Crippen molar-refractivity contribution in [3.05, 3.63) is 48.6 Å². The lowest BCUT2D eigenvalue weighted by Gasteiger charge is -2.32. The molecule has 0 radical (unpaired) electrons. The fourth-order valence-electron chi connectivity index (χ4n) is 3.31. The molecule has 0 unspecified atom stereocenters. The van der Waals surface area contributed by atoms with Crippen LogP contribution in [0.1, 0.15) is 18.6 Å². The van der Waals surface area contributed by atoms with E-state index in [0.717, 1.165) is 54.2 Å². The molecule has 134 valence electrons. The van der Waals surface area contributed by atoms with Gasteiger partial charge in [-0.25, -0.2) is 9.78 Å². The van der Waals surface area contributed by atoms with E-state index in [1.54, 1.807) is 18.6 Å². The summed E-state index contributed by atoms with van der Waals surface area (Å²) >= 11 is 0. The number of piperidine rings is 1. The van der Waals surface area contributed by atoms with E-state index < -0.39 is 0 Å². The van der Waals surface area contributed by atoms with Crippen molar-refractivity contribution in [3.63, 3.8) is 0 Å². The normalized spacial score (nSPS) is 15.2. The zero-order valence-electron chi connectivity index (χ0n) is 14.6. The van der Waals surface area contributed by atoms with Gasteiger partial charge in [-0.3, -0.25) is 4.98 Å². The third-order valence-electron chi connectivity index (χ3n) is 4.60. The Kier molecular flexibility index (Phi) is 4.43. The average molecular weight is 351 g/mol. The summed E-state index contributed by atoms with van der Waals surface area (Å²) in [7, 11) is 0. The van der Waals surface area contributed by atoms with Crippen LogP contribution in [0, 0.1) is 6.92 Å². The number of furan rings is 1. The molecular formula is C19H21N5O2. The summed E-state index contributed by atoms with van der Waals surface area (Å²) in [6.45, 7) is 3.61. The summed E-state index contributed by atoms with van der Waals surface area (Å²) in [5.41, 5.74) is 1.58. The molecule has 26 heavy (non-hydrogen) atoms. The Morgan fingerprint density at radius 1 is 1.23 bits per heavy atom. The molecule has 1 aliphatic heterocycles. The second-order valence-electron chi connectivity index (χ2n) is 6.53. The first-order chi connectivity index (χ1) is 12.7. The number of amides is 2. The van der Waals surface area contributed by atoms with Crippen LogP contribution in [-0.2, 0) is 0 Å². The molecule has 1 fully saturated rings. The number of aryl methyl sites for hydroxylation is 1. The highest BCUT2D eigenvalue weighted by molar-refractivity contribution is 5.92. The number of carbonyl (C=O) groups is 1. The SMILES string of the molecule is Cc1cc2cc(NC(=O)NC3CCN(c4cnccn4)CC3)ccc2o1. The quantitative estimate of drug-likeness (QED) is 0.756. The Bertz CT molecular complexity index is 901. The van der Waals surface area contributed by atoms with E-state index in [4.69, 9.17) is 4.42 Å². The summed E-state index contributed by atoms with van der Waals surface area (Å²) in [6, 6.07) is 7.58. The molecule has 0 bridgehead atoms. The van der Waals surface area contributed by atoms with E-state index in [1.165, 1.54) is 0 Å². The summed E-state index contributed by atoms with van der Waals surface area (Å²) in [4.78, 5) is 22.9. The molecule has 7 heteroatoms. The minimum absolute atomic E-state index is 0.155. The van der Waals surface area contributed by atoms with Gasteiger partial charge in [0.05, 0.1) is 6.20 Å². The van der Waals surface area contributed by atoms with Crippen molar-refractivity contribution in [1.82, 2.24) is 15.3 Å². The van der Waals surface area contributed by atoms with Crippen LogP contribution in [0.15, 0.2) is 47.3 Å². The molecule has 2 amide bonds. The molecule has 2 N–H and O–H groups in total. The molecule has 2 aromatic heterocycles. The van der Waals surface area contributed by atoms with Crippen LogP contribution in [0.3, 0.4) is 0 Å². The molecule has 1 aromatic carbocycles. The Morgan fingerprint density at radius 2 is 2.08 bits per heavy atom. The minimum atomic E-state index is -0.178. The molecule has 0 saturated carbocycles. The zero-order chi connectivity index (χ0) is 17.9. The van der Waals surface area contributed by atoms with Gasteiger partial charge in [0.15, 0.2) is 0 Å². The van der Waals surface area contributed by atoms with Gasteiger partial charge in [0.2, 0.25) is 0 Å². The second-order valence-corrected chi connectivity index (χ2v) is 6.53. The first-order valence-electron chi connectivity index (χ1n) is 8.76. The lowest BCUT2D eigenvalue weighted by Crippen LogP contribution is -2.46. The Morgan fingerprint density at radius 3 is 2.85 bits per heavy atom. The number of benzene rings is 1. The number of nitrogens with one attached hydrogen (secondary N) is 2. The number of hydrogen-bond donors (Lipinski definition) is 2. The molecule has 3 aromatic rings. The smallest absolute Gasteiger partial charge is 0.319 e. The number of rotatable bonds is 3. The predicted molar refractivity (Wildman–Crippen MR) is 100 cm³/mol. The number of aromatic nitrogens is 2. The highest BCUT2D eigenvalue weighted by atomic mass is 16.3. The topological polar surface area (TPSA) is 83.3 Å². The van der Waals surface area contributed by atoms with Gasteiger partial charge in [0.1, 0.15) is 17.2 Å². The van der Waals surface area contributed by atoms with Crippen molar-refractivity contribution in [2.24, 2.45) is 0 Å². The van der Waals surface area contributed by atoms with Crippen LogP contribution >= 0.6 is 0 Å². The summed E-state index contributed by atoms with van der Waals surface area (Å²) in [6.07, 6.45) is 6.90. The first-order valence-corrected chi connectivity index (χ1v) is 8.76. The maximum atomic E-state index is 12.3. The van der Waals surface area contributed by atoms with Gasteiger partial charge in [0.25, 0.3) is 0 Å². The Balaban J connectivity index is 1.31. The number of hydrogen-bond acceptors (Lipinski definition) is 5. The predicted octanol–water partition coefficient (Wildman–Crippen LogP) is 3.32. The summed E-state index contributed by atoms with van der Waals surface area (Å²) in [5, 5.41) is 6.95. The average Bonchev–Trinajstić information content (AvgIpc) is 3.02. The van der Waals surface area contributed by atoms with Gasteiger partial charge in [-0.2, -0.15) is 0 Å². The molecule has 0 aliphatic carbocycles. The molecule has 0 atom stereocenters. The van der Waals surface area contributed by atoms with Crippen LogP contribution in [0.2, 0.25) is 0 Å². The van der Waals surface area contributed by atoms with Gasteiger partial charge in [-0.1, -0.05) is 0 Å². The summed E-state index contributed by atoms with van der Waals surface area (Å²) in [5.74, 6) is 1.75. The molecule has 1 aliphatic rings. The van der Waals surface area contributed by atoms with Crippen molar-refractivity contribution >= 4 is 28.5 Å². The van der Waals surface area contributed by atoms with Gasteiger partial charge < -0.3 is 20.0 Å². The standard InChI is InChI=1S/C19H21N5O2/c1-13-10-14-11-16(2-3-17(14)26-13)23-19(25)22-15-4-8-24(9-5-15)18-12-20-6-7-21-18/h2-3,6-7,10-12,15H,4-5,8-9H2,1H3,(H2,22,23,25). The van der Waals surface area contributed by atoms with Gasteiger partial charge >= 0.3 is 6.03 Å². The molecule has 3 heterocycles. The fourth-order valence-corrected chi connectivity index (χ4v) is 3.31. The fraction of sp³-hybridized carbons (Fsp3) is 0.316. The maximum absolute atomic E-state index is 12.3. The zero-order valence-corrected chi connectivity index (χ0v) is 14.6. The van der Waals surface area contributed by atoms with Crippen LogP contribution in [0.4, 0.5) is 16.3 Å². The Hall–Kier alpha value is -3.09. The number of nitrogens with zero attached hydrogens (tertiary/aromatic N) is 3. The van der Waals surface area contributed by atoms with Crippen molar-refractivity contribution in [2.45, 2.75) is 25.8 Å². The lowest BCUT2D eigenvalue weighted by atomic mass is 10.1. The van der Waals surface area contributed by atoms with Crippen LogP contribution in [0.5, 0.6) is 0 Å². The number of fused-ring (bicyclic) bond motifs is 1. The first kappa shape index (κ1) is 16.4. The van der Waals surface area contributed by atoms with E-state index in [-0.39, 0.29) is 12.1 Å². The van der Waals surface area contributed by atoms with Crippen molar-refractivity contribution in [1.29, 1.82) is 0 Å². The molecule has 1 saturated heterocycles. The van der Waals surface area contributed by atoms with E-state index in [1.807, 2.05) is 31.2 Å². The van der Waals surface area contributed by atoms with E-state index >= 15 is 0 Å². The molecule has 4 rings (SSSR count). The second kappa shape index (κ2) is 7.03. The number of anilines is 2. The van der Waals surface area contributed by atoms with Crippen LogP contribution in [-0.4, -0.2) is 35.1 Å². The van der Waals surface area contributed by atoms with Crippen molar-refractivity contribution in [2.75, 3.05) is 23.3 Å². The van der Waals surface area contributed by atoms with E-state index in [9.17, 15) is 4.79 Å². The minimum Gasteiger partial charge on any atom is -0.461 e. The van der Waals surface area contributed by atoms with Crippen molar-refractivity contribution < 1.29 is 9.21 Å². The largest absolute Gasteiger partial charge is 0.461 e. The molecular weight excluding hydrogens is 330 g/mol. The molecule has 0 spiro atoms. The third-order valence-corrected chi connectivity index (χ3v) is 4.60. The van der Waals surface area contributed by atoms with Gasteiger partial charge in [-0.15, -0.1) is 0 Å². The monoisotopic (exact) mass is 351 g/mol. The van der Waals surface area contributed by atoms with Crippen LogP contribution < -0.4 is 15.5 Å². The summed E-state index contributed by atoms with van der Waals surface area (Å²) < 4.78 is 5.55. The maximum Gasteiger partial charge on any atom is 0.319 e. The van der Waals surface area contributed by atoms with Crippen molar-refractivity contribution in [3.8, 4) is 0 Å². The van der Waals surface area contributed by atoms with E-state index in [2.05, 4.69) is 25.5 Å².